The van der Waals surface area contributed by atoms with Gasteiger partial charge in [-0.05, 0) is 76.4 Å². The monoisotopic (exact) mass is 568 g/mol. The topological polar surface area (TPSA) is 87.9 Å². The molecule has 9 heteroatoms. The second-order valence-corrected chi connectivity index (χ2v) is 10.4. The van der Waals surface area contributed by atoms with Crippen molar-refractivity contribution in [3.63, 3.8) is 0 Å². The minimum atomic E-state index is -1.20. The number of hydrogen-bond donors (Lipinski definition) is 1. The first-order valence-electron chi connectivity index (χ1n) is 11.6. The van der Waals surface area contributed by atoms with Crippen LogP contribution in [0, 0.1) is 19.7 Å². The molecule has 1 aromatic heterocycles. The highest BCUT2D eigenvalue weighted by Gasteiger charge is 2.22. The number of anilines is 1. The number of rotatable bonds is 8. The summed E-state index contributed by atoms with van der Waals surface area (Å²) in [6.07, 6.45) is 2.37. The minimum Gasteiger partial charge on any atom is -0.472 e. The highest BCUT2D eigenvalue weighted by atomic mass is 79.9. The zero-order valence-corrected chi connectivity index (χ0v) is 23.3. The molecule has 0 aliphatic rings. The van der Waals surface area contributed by atoms with Crippen LogP contribution in [0.4, 0.5) is 10.1 Å². The van der Waals surface area contributed by atoms with Crippen LogP contribution in [0.1, 0.15) is 50.2 Å². The largest absolute Gasteiger partial charge is 0.472 e. The van der Waals surface area contributed by atoms with Crippen LogP contribution in [0.2, 0.25) is 0 Å². The molecule has 0 unspecified atom stereocenters. The Balaban J connectivity index is 1.95. The fourth-order valence-corrected chi connectivity index (χ4v) is 3.70. The maximum atomic E-state index is 13.2. The van der Waals surface area contributed by atoms with Crippen LogP contribution in [0.3, 0.4) is 0 Å². The molecule has 1 N–H and O–H groups in total. The van der Waals surface area contributed by atoms with Gasteiger partial charge in [0.2, 0.25) is 12.3 Å². The molecule has 3 rings (SSSR count). The Morgan fingerprint density at radius 3 is 2.43 bits per heavy atom. The van der Waals surface area contributed by atoms with Gasteiger partial charge < -0.3 is 9.84 Å². The number of benzene rings is 2. The van der Waals surface area contributed by atoms with Crippen LogP contribution < -0.4 is 4.90 Å². The van der Waals surface area contributed by atoms with E-state index in [-0.39, 0.29) is 12.4 Å². The molecule has 37 heavy (non-hydrogen) atoms. The van der Waals surface area contributed by atoms with E-state index in [1.165, 1.54) is 17.0 Å². The lowest BCUT2D eigenvalue weighted by atomic mass is 10.0. The van der Waals surface area contributed by atoms with Crippen LogP contribution in [0.25, 0.3) is 11.3 Å². The Labute approximate surface area is 224 Å². The average Bonchev–Trinajstić information content (AvgIpc) is 2.84. The SMILES string of the molecule is C/C(=N/C(OCc1ccc(F)cc1)=C(\C)Br)N(C=O)c1cc(-c2nc(C(C)(C)O)ncc2C)ccc1C. The van der Waals surface area contributed by atoms with Gasteiger partial charge in [-0.25, -0.2) is 14.4 Å². The van der Waals surface area contributed by atoms with Crippen LogP contribution in [0.5, 0.6) is 0 Å². The number of carbonyl (C=O) groups is 1. The predicted octanol–water partition coefficient (Wildman–Crippen LogP) is 6.31. The van der Waals surface area contributed by atoms with Crippen LogP contribution in [0.15, 0.2) is 64.0 Å². The Hall–Kier alpha value is -3.43. The lowest BCUT2D eigenvalue weighted by Gasteiger charge is -2.22. The van der Waals surface area contributed by atoms with E-state index < -0.39 is 5.60 Å². The number of carbonyl (C=O) groups excluding carboxylic acids is 1. The van der Waals surface area contributed by atoms with Crippen LogP contribution in [-0.4, -0.2) is 27.3 Å². The first kappa shape index (κ1) is 28.1. The molecule has 3 aromatic rings. The van der Waals surface area contributed by atoms with E-state index in [0.29, 0.717) is 39.8 Å². The van der Waals surface area contributed by atoms with Crippen molar-refractivity contribution in [1.29, 1.82) is 0 Å². The molecular formula is C28H30BrFN4O3. The summed E-state index contributed by atoms with van der Waals surface area (Å²) in [7, 11) is 0. The zero-order chi connectivity index (χ0) is 27.3. The van der Waals surface area contributed by atoms with E-state index in [4.69, 9.17) is 4.74 Å². The van der Waals surface area contributed by atoms with Gasteiger partial charge in [-0.15, -0.1) is 0 Å². The molecule has 0 saturated heterocycles. The highest BCUT2D eigenvalue weighted by Crippen LogP contribution is 2.30. The third-order valence-electron chi connectivity index (χ3n) is 5.56. The molecule has 0 spiro atoms. The number of hydrogen-bond acceptors (Lipinski definition) is 6. The Morgan fingerprint density at radius 1 is 1.16 bits per heavy atom. The lowest BCUT2D eigenvalue weighted by Crippen LogP contribution is -2.28. The molecule has 7 nitrogen and oxygen atoms in total. The van der Waals surface area contributed by atoms with E-state index in [0.717, 1.165) is 22.3 Å². The van der Waals surface area contributed by atoms with Gasteiger partial charge in [0.1, 0.15) is 23.9 Å². The normalized spacial score (nSPS) is 12.7. The number of aromatic nitrogens is 2. The van der Waals surface area contributed by atoms with Gasteiger partial charge in [0.05, 0.1) is 15.9 Å². The van der Waals surface area contributed by atoms with Crippen molar-refractivity contribution in [1.82, 2.24) is 9.97 Å². The smallest absolute Gasteiger partial charge is 0.225 e. The summed E-state index contributed by atoms with van der Waals surface area (Å²) in [5.41, 5.74) is 3.33. The molecule has 0 bridgehead atoms. The number of halogens is 2. The maximum absolute atomic E-state index is 13.2. The first-order chi connectivity index (χ1) is 17.4. The van der Waals surface area contributed by atoms with Crippen molar-refractivity contribution in [3.8, 4) is 11.3 Å². The first-order valence-corrected chi connectivity index (χ1v) is 12.4. The number of ether oxygens (including phenoxy) is 1. The molecule has 0 atom stereocenters. The summed E-state index contributed by atoms with van der Waals surface area (Å²) in [6.45, 7) is 10.7. The minimum absolute atomic E-state index is 0.182. The quantitative estimate of drug-likeness (QED) is 0.149. The molecule has 0 aliphatic carbocycles. The molecule has 0 radical (unpaired) electrons. The van der Waals surface area contributed by atoms with E-state index in [2.05, 4.69) is 30.9 Å². The van der Waals surface area contributed by atoms with Crippen molar-refractivity contribution in [2.45, 2.75) is 53.8 Å². The van der Waals surface area contributed by atoms with E-state index in [1.807, 2.05) is 32.0 Å². The van der Waals surface area contributed by atoms with Crippen molar-refractivity contribution < 1.29 is 19.0 Å². The molecular weight excluding hydrogens is 539 g/mol. The summed E-state index contributed by atoms with van der Waals surface area (Å²) >= 11 is 3.42. The molecule has 0 fully saturated rings. The van der Waals surface area contributed by atoms with Gasteiger partial charge in [0.25, 0.3) is 0 Å². The molecule has 1 amide bonds. The van der Waals surface area contributed by atoms with Crippen molar-refractivity contribution in [3.05, 3.63) is 87.4 Å². The van der Waals surface area contributed by atoms with E-state index >= 15 is 0 Å². The number of nitrogens with zero attached hydrogens (tertiary/aromatic N) is 4. The summed E-state index contributed by atoms with van der Waals surface area (Å²) in [6, 6.07) is 11.7. The Kier molecular flexibility index (Phi) is 8.94. The third-order valence-corrected chi connectivity index (χ3v) is 5.90. The van der Waals surface area contributed by atoms with Gasteiger partial charge in [-0.3, -0.25) is 9.69 Å². The van der Waals surface area contributed by atoms with E-state index in [1.54, 1.807) is 46.0 Å². The van der Waals surface area contributed by atoms with Gasteiger partial charge in [0.15, 0.2) is 5.82 Å². The van der Waals surface area contributed by atoms with Gasteiger partial charge >= 0.3 is 0 Å². The number of aliphatic imine (C=N–C) groups is 1. The number of amides is 1. The molecule has 1 heterocycles. The summed E-state index contributed by atoms with van der Waals surface area (Å²) in [5, 5.41) is 10.4. The van der Waals surface area contributed by atoms with Crippen molar-refractivity contribution in [2.24, 2.45) is 4.99 Å². The second kappa shape index (κ2) is 11.7. The number of aliphatic hydroxyl groups is 1. The van der Waals surface area contributed by atoms with Gasteiger partial charge in [0, 0.05) is 11.8 Å². The van der Waals surface area contributed by atoms with Gasteiger partial charge in [-0.1, -0.05) is 40.2 Å². The molecule has 194 valence electrons. The van der Waals surface area contributed by atoms with Gasteiger partial charge in [-0.2, -0.15) is 4.99 Å². The Morgan fingerprint density at radius 2 is 1.84 bits per heavy atom. The van der Waals surface area contributed by atoms with Crippen molar-refractivity contribution >= 4 is 33.9 Å². The number of amidine groups is 1. The fraction of sp³-hybridized carbons (Fsp3) is 0.286. The molecule has 0 aliphatic heterocycles. The fourth-order valence-electron chi connectivity index (χ4n) is 3.49. The standard InChI is InChI=1S/C28H30BrFN4O3/c1-17-7-10-22(25-18(2)14-31-27(33-25)28(5,6)36)13-24(17)34(16-35)20(4)32-26(19(3)29)37-15-21-8-11-23(30)12-9-21/h7-14,16,36H,15H2,1-6H3/b26-19-,32-20-. The average molecular weight is 569 g/mol. The third kappa shape index (κ3) is 7.08. The zero-order valence-electron chi connectivity index (χ0n) is 21.7. The number of aryl methyl sites for hydroxylation is 2. The second-order valence-electron chi connectivity index (χ2n) is 9.17. The maximum Gasteiger partial charge on any atom is 0.225 e. The van der Waals surface area contributed by atoms with E-state index in [9.17, 15) is 14.3 Å². The predicted molar refractivity (Wildman–Crippen MR) is 147 cm³/mol. The highest BCUT2D eigenvalue weighted by molar-refractivity contribution is 9.11. The van der Waals surface area contributed by atoms with Crippen molar-refractivity contribution in [2.75, 3.05) is 4.90 Å². The summed E-state index contributed by atoms with van der Waals surface area (Å²) in [4.78, 5) is 27.1. The molecule has 2 aromatic carbocycles. The summed E-state index contributed by atoms with van der Waals surface area (Å²) in [5.74, 6) is 0.669. The molecule has 0 saturated carbocycles. The Bertz CT molecular complexity index is 1340. The van der Waals surface area contributed by atoms with Crippen LogP contribution in [-0.2, 0) is 21.7 Å². The lowest BCUT2D eigenvalue weighted by molar-refractivity contribution is -0.106. The number of allylic oxidation sites excluding steroid dienone is 1. The van der Waals surface area contributed by atoms with Crippen LogP contribution >= 0.6 is 15.9 Å². The summed E-state index contributed by atoms with van der Waals surface area (Å²) < 4.78 is 19.7.